The molecule has 1 saturated heterocycles. The van der Waals surface area contributed by atoms with E-state index in [1.807, 2.05) is 0 Å². The van der Waals surface area contributed by atoms with E-state index in [1.54, 1.807) is 0 Å². The number of ether oxygens (including phenoxy) is 2. The Kier molecular flexibility index (Phi) is 5.96. The fourth-order valence-electron chi connectivity index (χ4n) is 2.04. The quantitative estimate of drug-likeness (QED) is 0.378. The van der Waals surface area contributed by atoms with Crippen LogP contribution in [0.4, 0.5) is 0 Å². The molecule has 1 aliphatic rings. The maximum atomic E-state index is 5.62. The average Bonchev–Trinajstić information content (AvgIpc) is 3.26. The molecule has 1 atom stereocenters. The van der Waals surface area contributed by atoms with Gasteiger partial charge in [-0.2, -0.15) is 0 Å². The van der Waals surface area contributed by atoms with Gasteiger partial charge in [-0.1, -0.05) is 30.7 Å². The summed E-state index contributed by atoms with van der Waals surface area (Å²) in [5, 5.41) is 0. The zero-order chi connectivity index (χ0) is 13.3. The lowest BCUT2D eigenvalue weighted by atomic mass is 10.1. The van der Waals surface area contributed by atoms with E-state index < -0.39 is 0 Å². The van der Waals surface area contributed by atoms with Gasteiger partial charge in [-0.15, -0.1) is 0 Å². The van der Waals surface area contributed by atoms with Crippen LogP contribution in [0.1, 0.15) is 38.2 Å². The minimum absolute atomic E-state index is 0.330. The second-order valence-corrected chi connectivity index (χ2v) is 5.08. The largest absolute Gasteiger partial charge is 0.491 e. The molecule has 0 spiro atoms. The molecule has 1 unspecified atom stereocenters. The third kappa shape index (κ3) is 5.93. The number of unbranched alkanes of at least 4 members (excludes halogenated alkanes) is 3. The topological polar surface area (TPSA) is 21.8 Å². The van der Waals surface area contributed by atoms with E-state index >= 15 is 0 Å². The van der Waals surface area contributed by atoms with Gasteiger partial charge in [0.05, 0.1) is 6.61 Å². The molecule has 1 fully saturated rings. The SMILES string of the molecule is C/C=C/CCCCCc1ccc(OCC2CO2)cc1. The highest BCUT2D eigenvalue weighted by atomic mass is 16.6. The first-order valence-corrected chi connectivity index (χ1v) is 7.33. The van der Waals surface area contributed by atoms with Crippen molar-refractivity contribution in [2.45, 2.75) is 45.1 Å². The van der Waals surface area contributed by atoms with Gasteiger partial charge in [0, 0.05) is 0 Å². The third-order valence-electron chi connectivity index (χ3n) is 3.33. The summed E-state index contributed by atoms with van der Waals surface area (Å²) in [4.78, 5) is 0. The molecule has 1 aromatic rings. The van der Waals surface area contributed by atoms with Gasteiger partial charge in [-0.25, -0.2) is 0 Å². The number of hydrogen-bond acceptors (Lipinski definition) is 2. The molecule has 1 heterocycles. The van der Waals surface area contributed by atoms with E-state index in [-0.39, 0.29) is 0 Å². The zero-order valence-electron chi connectivity index (χ0n) is 11.8. The monoisotopic (exact) mass is 260 g/mol. The van der Waals surface area contributed by atoms with E-state index in [2.05, 4.69) is 43.3 Å². The van der Waals surface area contributed by atoms with Crippen LogP contribution in [0.15, 0.2) is 36.4 Å². The number of hydrogen-bond donors (Lipinski definition) is 0. The van der Waals surface area contributed by atoms with Crippen LogP contribution in [0.2, 0.25) is 0 Å². The van der Waals surface area contributed by atoms with E-state index in [0.717, 1.165) is 12.4 Å². The second kappa shape index (κ2) is 8.00. The van der Waals surface area contributed by atoms with E-state index in [0.29, 0.717) is 12.7 Å². The van der Waals surface area contributed by atoms with Crippen LogP contribution in [0.5, 0.6) is 5.75 Å². The minimum Gasteiger partial charge on any atom is -0.491 e. The molecule has 0 amide bonds. The Bertz CT molecular complexity index is 377. The van der Waals surface area contributed by atoms with Crippen LogP contribution >= 0.6 is 0 Å². The number of rotatable bonds is 9. The second-order valence-electron chi connectivity index (χ2n) is 5.08. The first kappa shape index (κ1) is 14.1. The summed E-state index contributed by atoms with van der Waals surface area (Å²) in [5.74, 6) is 0.951. The maximum Gasteiger partial charge on any atom is 0.119 e. The molecule has 2 rings (SSSR count). The smallest absolute Gasteiger partial charge is 0.119 e. The molecule has 0 aliphatic carbocycles. The Morgan fingerprint density at radius 3 is 2.68 bits per heavy atom. The van der Waals surface area contributed by atoms with Gasteiger partial charge in [0.15, 0.2) is 0 Å². The number of aryl methyl sites for hydroxylation is 1. The standard InChI is InChI=1S/C17H24O2/c1-2-3-4-5-6-7-8-15-9-11-16(12-10-15)18-13-17-14-19-17/h2-3,9-12,17H,4-8,13-14H2,1H3/b3-2+. The lowest BCUT2D eigenvalue weighted by Gasteiger charge is -2.05. The zero-order valence-corrected chi connectivity index (χ0v) is 11.8. The van der Waals surface area contributed by atoms with Crippen molar-refractivity contribution in [3.05, 3.63) is 42.0 Å². The molecule has 0 N–H and O–H groups in total. The molecule has 2 nitrogen and oxygen atoms in total. The number of epoxide rings is 1. The Hall–Kier alpha value is -1.28. The van der Waals surface area contributed by atoms with Gasteiger partial charge in [0.25, 0.3) is 0 Å². The molecule has 2 heteroatoms. The van der Waals surface area contributed by atoms with Crippen molar-refractivity contribution in [1.29, 1.82) is 0 Å². The van der Waals surface area contributed by atoms with Gasteiger partial charge in [0.1, 0.15) is 18.5 Å². The summed E-state index contributed by atoms with van der Waals surface area (Å²) in [7, 11) is 0. The first-order chi connectivity index (χ1) is 9.38. The highest BCUT2D eigenvalue weighted by Crippen LogP contribution is 2.17. The summed E-state index contributed by atoms with van der Waals surface area (Å²) in [6, 6.07) is 8.49. The Morgan fingerprint density at radius 2 is 2.00 bits per heavy atom. The molecular formula is C17H24O2. The molecule has 0 saturated carbocycles. The molecule has 0 bridgehead atoms. The lowest BCUT2D eigenvalue weighted by molar-refractivity contribution is 0.263. The third-order valence-corrected chi connectivity index (χ3v) is 3.33. The summed E-state index contributed by atoms with van der Waals surface area (Å²) >= 11 is 0. The predicted octanol–water partition coefficient (Wildman–Crippen LogP) is 4.14. The van der Waals surface area contributed by atoms with Crippen LogP contribution in [0.25, 0.3) is 0 Å². The molecule has 104 valence electrons. The van der Waals surface area contributed by atoms with Crippen molar-refractivity contribution in [1.82, 2.24) is 0 Å². The van der Waals surface area contributed by atoms with Crippen molar-refractivity contribution in [2.75, 3.05) is 13.2 Å². The van der Waals surface area contributed by atoms with Crippen LogP contribution in [-0.4, -0.2) is 19.3 Å². The van der Waals surface area contributed by atoms with Gasteiger partial charge in [-0.05, 0) is 50.3 Å². The van der Waals surface area contributed by atoms with Crippen molar-refractivity contribution >= 4 is 0 Å². The molecule has 1 aromatic carbocycles. The van der Waals surface area contributed by atoms with Crippen molar-refractivity contribution in [3.8, 4) is 5.75 Å². The highest BCUT2D eigenvalue weighted by Gasteiger charge is 2.22. The molecule has 19 heavy (non-hydrogen) atoms. The number of allylic oxidation sites excluding steroid dienone is 2. The lowest BCUT2D eigenvalue weighted by Crippen LogP contribution is -2.03. The summed E-state index contributed by atoms with van der Waals surface area (Å²) in [6.07, 6.45) is 11.0. The maximum absolute atomic E-state index is 5.62. The number of benzene rings is 1. The van der Waals surface area contributed by atoms with E-state index in [4.69, 9.17) is 9.47 Å². The average molecular weight is 260 g/mol. The molecule has 0 aromatic heterocycles. The van der Waals surface area contributed by atoms with Gasteiger partial charge < -0.3 is 9.47 Å². The van der Waals surface area contributed by atoms with Crippen LogP contribution < -0.4 is 4.74 Å². The predicted molar refractivity (Wildman–Crippen MR) is 78.7 cm³/mol. The summed E-state index contributed by atoms with van der Waals surface area (Å²) < 4.78 is 10.7. The van der Waals surface area contributed by atoms with Crippen LogP contribution in [-0.2, 0) is 11.2 Å². The molecular weight excluding hydrogens is 236 g/mol. The van der Waals surface area contributed by atoms with Gasteiger partial charge in [0.2, 0.25) is 0 Å². The van der Waals surface area contributed by atoms with Crippen LogP contribution in [0.3, 0.4) is 0 Å². The van der Waals surface area contributed by atoms with Crippen molar-refractivity contribution in [2.24, 2.45) is 0 Å². The fourth-order valence-corrected chi connectivity index (χ4v) is 2.04. The van der Waals surface area contributed by atoms with Crippen molar-refractivity contribution in [3.63, 3.8) is 0 Å². The Morgan fingerprint density at radius 1 is 1.21 bits per heavy atom. The van der Waals surface area contributed by atoms with Gasteiger partial charge >= 0.3 is 0 Å². The summed E-state index contributed by atoms with van der Waals surface area (Å²) in [5.41, 5.74) is 1.40. The van der Waals surface area contributed by atoms with Crippen molar-refractivity contribution < 1.29 is 9.47 Å². The first-order valence-electron chi connectivity index (χ1n) is 7.33. The fraction of sp³-hybridized carbons (Fsp3) is 0.529. The molecule has 1 aliphatic heterocycles. The Balaban J connectivity index is 1.60. The van der Waals surface area contributed by atoms with E-state index in [9.17, 15) is 0 Å². The van der Waals surface area contributed by atoms with Gasteiger partial charge in [-0.3, -0.25) is 0 Å². The summed E-state index contributed by atoms with van der Waals surface area (Å²) in [6.45, 7) is 3.62. The minimum atomic E-state index is 0.330. The van der Waals surface area contributed by atoms with E-state index in [1.165, 1.54) is 37.7 Å². The highest BCUT2D eigenvalue weighted by molar-refractivity contribution is 5.27. The normalized spacial score (nSPS) is 17.8. The van der Waals surface area contributed by atoms with Crippen LogP contribution in [0, 0.1) is 0 Å². The molecule has 0 radical (unpaired) electrons. The Labute approximate surface area is 116 Å².